The van der Waals surface area contributed by atoms with Gasteiger partial charge in [-0.25, -0.2) is 0 Å². The lowest BCUT2D eigenvalue weighted by Crippen LogP contribution is -2.36. The first-order chi connectivity index (χ1) is 12.3. The minimum Gasteiger partial charge on any atom is -0.390 e. The van der Waals surface area contributed by atoms with Crippen molar-refractivity contribution in [2.75, 3.05) is 12.4 Å². The number of thiol groups is 1. The van der Waals surface area contributed by atoms with Gasteiger partial charge in [0.15, 0.2) is 0 Å². The van der Waals surface area contributed by atoms with Crippen LogP contribution in [0, 0.1) is 0 Å². The van der Waals surface area contributed by atoms with Crippen LogP contribution < -0.4 is 0 Å². The van der Waals surface area contributed by atoms with Crippen LogP contribution in [0.15, 0.2) is 91.0 Å². The van der Waals surface area contributed by atoms with E-state index in [1.54, 1.807) is 0 Å². The lowest BCUT2D eigenvalue weighted by Gasteiger charge is -2.36. The summed E-state index contributed by atoms with van der Waals surface area (Å²) in [5.74, 6) is 0.356. The van der Waals surface area contributed by atoms with Crippen LogP contribution in [0.25, 0.3) is 0 Å². The van der Waals surface area contributed by atoms with Crippen LogP contribution in [0.5, 0.6) is 0 Å². The molecule has 0 fully saturated rings. The van der Waals surface area contributed by atoms with E-state index < -0.39 is 11.7 Å². The van der Waals surface area contributed by atoms with Crippen LogP contribution >= 0.6 is 12.6 Å². The summed E-state index contributed by atoms with van der Waals surface area (Å²) in [5.41, 5.74) is 2.30. The van der Waals surface area contributed by atoms with Gasteiger partial charge < -0.3 is 9.84 Å². The maximum Gasteiger partial charge on any atom is 0.143 e. The van der Waals surface area contributed by atoms with Crippen LogP contribution in [0.1, 0.15) is 16.7 Å². The maximum absolute atomic E-state index is 10.1. The molecule has 0 aliphatic rings. The smallest absolute Gasteiger partial charge is 0.143 e. The van der Waals surface area contributed by atoms with Crippen molar-refractivity contribution < 1.29 is 9.84 Å². The van der Waals surface area contributed by atoms with E-state index in [4.69, 9.17) is 4.74 Å². The van der Waals surface area contributed by atoms with Crippen molar-refractivity contribution in [2.24, 2.45) is 0 Å². The van der Waals surface area contributed by atoms with Gasteiger partial charge in [-0.05, 0) is 16.7 Å². The summed E-state index contributed by atoms with van der Waals surface area (Å²) in [5, 5.41) is 10.1. The fourth-order valence-electron chi connectivity index (χ4n) is 3.04. The Morgan fingerprint density at radius 1 is 0.720 bits per heavy atom. The minimum absolute atomic E-state index is 0.197. The molecule has 0 saturated heterocycles. The topological polar surface area (TPSA) is 29.5 Å². The molecule has 0 amide bonds. The Morgan fingerprint density at radius 3 is 1.40 bits per heavy atom. The molecule has 0 aliphatic carbocycles. The third kappa shape index (κ3) is 3.79. The van der Waals surface area contributed by atoms with Crippen LogP contribution in [0.2, 0.25) is 0 Å². The zero-order valence-electron chi connectivity index (χ0n) is 14.0. The van der Waals surface area contributed by atoms with E-state index in [1.807, 2.05) is 54.6 Å². The molecule has 2 nitrogen and oxygen atoms in total. The van der Waals surface area contributed by atoms with Crippen LogP contribution in [0.3, 0.4) is 0 Å². The molecule has 3 rings (SSSR count). The highest BCUT2D eigenvalue weighted by molar-refractivity contribution is 7.80. The average molecular weight is 350 g/mol. The fraction of sp³-hybridized carbons (Fsp3) is 0.182. The number of aliphatic hydroxyl groups is 1. The highest BCUT2D eigenvalue weighted by Gasteiger charge is 2.37. The molecule has 0 aromatic heterocycles. The van der Waals surface area contributed by atoms with Gasteiger partial charge in [0.2, 0.25) is 0 Å². The van der Waals surface area contributed by atoms with Crippen molar-refractivity contribution in [3.05, 3.63) is 108 Å². The van der Waals surface area contributed by atoms with Crippen molar-refractivity contribution in [1.29, 1.82) is 0 Å². The number of rotatable bonds is 7. The van der Waals surface area contributed by atoms with Crippen LogP contribution in [-0.4, -0.2) is 23.6 Å². The zero-order chi connectivity index (χ0) is 17.5. The number of ether oxygens (including phenoxy) is 1. The van der Waals surface area contributed by atoms with Crippen molar-refractivity contribution in [3.8, 4) is 0 Å². The third-order valence-corrected chi connectivity index (χ3v) is 4.67. The van der Waals surface area contributed by atoms with E-state index in [0.717, 1.165) is 16.7 Å². The van der Waals surface area contributed by atoms with Gasteiger partial charge >= 0.3 is 0 Å². The second-order valence-electron chi connectivity index (χ2n) is 5.93. The number of benzene rings is 3. The minimum atomic E-state index is -0.784. The quantitative estimate of drug-likeness (QED) is 0.492. The molecule has 0 heterocycles. The predicted molar refractivity (Wildman–Crippen MR) is 105 cm³/mol. The van der Waals surface area contributed by atoms with Gasteiger partial charge in [0, 0.05) is 5.75 Å². The number of hydrogen-bond acceptors (Lipinski definition) is 3. The molecule has 1 atom stereocenters. The lowest BCUT2D eigenvalue weighted by atomic mass is 9.80. The highest BCUT2D eigenvalue weighted by atomic mass is 32.1. The van der Waals surface area contributed by atoms with E-state index in [2.05, 4.69) is 49.0 Å². The molecule has 0 aliphatic heterocycles. The van der Waals surface area contributed by atoms with E-state index >= 15 is 0 Å². The first kappa shape index (κ1) is 17.7. The molecule has 128 valence electrons. The van der Waals surface area contributed by atoms with Gasteiger partial charge in [-0.2, -0.15) is 12.6 Å². The van der Waals surface area contributed by atoms with E-state index in [0.29, 0.717) is 5.75 Å². The molecule has 0 spiro atoms. The number of hydrogen-bond donors (Lipinski definition) is 2. The first-order valence-electron chi connectivity index (χ1n) is 8.37. The Labute approximate surface area is 154 Å². The maximum atomic E-state index is 10.1. The molecule has 3 aromatic carbocycles. The highest BCUT2D eigenvalue weighted by Crippen LogP contribution is 2.40. The Bertz CT molecular complexity index is 663. The lowest BCUT2D eigenvalue weighted by molar-refractivity contribution is -0.0310. The van der Waals surface area contributed by atoms with Gasteiger partial charge in [-0.15, -0.1) is 0 Å². The molecule has 3 heteroatoms. The summed E-state index contributed by atoms with van der Waals surface area (Å²) in [6, 6.07) is 30.4. The average Bonchev–Trinajstić information content (AvgIpc) is 2.71. The fourth-order valence-corrected chi connectivity index (χ4v) is 3.15. The second kappa shape index (κ2) is 8.34. The first-order valence-corrected chi connectivity index (χ1v) is 9.00. The molecule has 0 saturated carbocycles. The Kier molecular flexibility index (Phi) is 5.92. The van der Waals surface area contributed by atoms with E-state index in [1.165, 1.54) is 0 Å². The third-order valence-electron chi connectivity index (χ3n) is 4.24. The van der Waals surface area contributed by atoms with Gasteiger partial charge in [0.05, 0.1) is 12.7 Å². The zero-order valence-corrected chi connectivity index (χ0v) is 14.8. The largest absolute Gasteiger partial charge is 0.390 e. The second-order valence-corrected chi connectivity index (χ2v) is 6.29. The van der Waals surface area contributed by atoms with Crippen molar-refractivity contribution in [3.63, 3.8) is 0 Å². The molecule has 1 N–H and O–H groups in total. The molecule has 3 aromatic rings. The Morgan fingerprint density at radius 2 is 1.08 bits per heavy atom. The molecule has 25 heavy (non-hydrogen) atoms. The summed E-state index contributed by atoms with van der Waals surface area (Å²) in [6.45, 7) is 0.197. The monoisotopic (exact) mass is 350 g/mol. The normalized spacial score (nSPS) is 12.7. The summed E-state index contributed by atoms with van der Waals surface area (Å²) in [6.07, 6.45) is -0.626. The number of aliphatic hydroxyl groups excluding tert-OH is 1. The van der Waals surface area contributed by atoms with Crippen molar-refractivity contribution >= 4 is 12.6 Å². The molecule has 0 radical (unpaired) electrons. The predicted octanol–water partition coefficient (Wildman–Crippen LogP) is 4.29. The summed E-state index contributed by atoms with van der Waals surface area (Å²) < 4.78 is 6.44. The molecule has 0 bridgehead atoms. The summed E-state index contributed by atoms with van der Waals surface area (Å²) in [4.78, 5) is 0. The van der Waals surface area contributed by atoms with Gasteiger partial charge in [0.1, 0.15) is 5.60 Å². The summed E-state index contributed by atoms with van der Waals surface area (Å²) >= 11 is 4.18. The SMILES string of the molecule is O[C@H](CS)COC(c1ccccc1)(c1ccccc1)c1ccccc1. The Hall–Kier alpha value is -2.07. The molecular weight excluding hydrogens is 328 g/mol. The van der Waals surface area contributed by atoms with Crippen LogP contribution in [-0.2, 0) is 10.3 Å². The van der Waals surface area contributed by atoms with Gasteiger partial charge in [0.25, 0.3) is 0 Å². The van der Waals surface area contributed by atoms with E-state index in [-0.39, 0.29) is 6.61 Å². The molecular formula is C22H22O2S. The van der Waals surface area contributed by atoms with Crippen LogP contribution in [0.4, 0.5) is 0 Å². The summed E-state index contributed by atoms with van der Waals surface area (Å²) in [7, 11) is 0. The van der Waals surface area contributed by atoms with Gasteiger partial charge in [-0.3, -0.25) is 0 Å². The van der Waals surface area contributed by atoms with E-state index in [9.17, 15) is 5.11 Å². The van der Waals surface area contributed by atoms with Crippen molar-refractivity contribution in [1.82, 2.24) is 0 Å². The molecule has 0 unspecified atom stereocenters. The Balaban J connectivity index is 2.20. The standard InChI is InChI=1S/C22H22O2S/c23-21(17-25)16-24-22(18-10-4-1-5-11-18,19-12-6-2-7-13-19)20-14-8-3-9-15-20/h1-15,21,23,25H,16-17H2/t21-/m0/s1. The van der Waals surface area contributed by atoms with Crippen molar-refractivity contribution in [2.45, 2.75) is 11.7 Å². The van der Waals surface area contributed by atoms with Gasteiger partial charge in [-0.1, -0.05) is 91.0 Å².